The van der Waals surface area contributed by atoms with E-state index in [0.717, 1.165) is 37.2 Å². The average Bonchev–Trinajstić information content (AvgIpc) is 3.97. The molecule has 5 aliphatic carbocycles. The Bertz CT molecular complexity index is 3210. The van der Waals surface area contributed by atoms with Gasteiger partial charge in [-0.05, 0) is 111 Å². The summed E-state index contributed by atoms with van der Waals surface area (Å²) in [5.41, 5.74) is 15.2. The van der Waals surface area contributed by atoms with Crippen LogP contribution in [0, 0.1) is 5.92 Å². The van der Waals surface area contributed by atoms with E-state index >= 15 is 0 Å². The predicted octanol–water partition coefficient (Wildman–Crippen LogP) is 14.2. The van der Waals surface area contributed by atoms with E-state index in [1.54, 1.807) is 0 Å². The second-order valence-electron chi connectivity index (χ2n) is 18.8. The lowest BCUT2D eigenvalue weighted by molar-refractivity contribution is 0.361. The molecule has 0 bridgehead atoms. The summed E-state index contributed by atoms with van der Waals surface area (Å²) >= 11 is 0. The van der Waals surface area contributed by atoms with Crippen LogP contribution < -0.4 is 4.90 Å². The maximum atomic E-state index is 6.92. The molecule has 13 rings (SSSR count). The van der Waals surface area contributed by atoms with Crippen LogP contribution in [0.4, 0.5) is 5.69 Å². The summed E-state index contributed by atoms with van der Waals surface area (Å²) in [6.07, 6.45) is 32.4. The van der Waals surface area contributed by atoms with Gasteiger partial charge in [0.15, 0.2) is 0 Å². The molecule has 3 aromatic heterocycles. The number of hydrogen-bond acceptors (Lipinski definition) is 2. The van der Waals surface area contributed by atoms with E-state index in [-0.39, 0.29) is 22.9 Å². The highest BCUT2D eigenvalue weighted by molar-refractivity contribution is 6.11. The second kappa shape index (κ2) is 12.2. The number of nitrogens with zero attached hydrogens (tertiary/aromatic N) is 3. The molecule has 1 aliphatic heterocycles. The lowest BCUT2D eigenvalue weighted by atomic mass is 9.70. The highest BCUT2D eigenvalue weighted by Crippen LogP contribution is 2.62. The van der Waals surface area contributed by atoms with E-state index in [1.807, 2.05) is 0 Å². The fourth-order valence-electron chi connectivity index (χ4n) is 12.8. The Hall–Kier alpha value is -6.26. The fourth-order valence-corrected chi connectivity index (χ4v) is 12.8. The number of para-hydroxylation sites is 1. The van der Waals surface area contributed by atoms with Crippen molar-refractivity contribution in [2.75, 3.05) is 4.90 Å². The summed E-state index contributed by atoms with van der Waals surface area (Å²) in [6.45, 7) is 9.61. The van der Waals surface area contributed by atoms with Crippen molar-refractivity contribution in [2.45, 2.75) is 82.2 Å². The van der Waals surface area contributed by atoms with Crippen LogP contribution in [-0.2, 0) is 6.42 Å². The number of anilines is 1. The number of rotatable bonds is 3. The molecule has 4 nitrogen and oxygen atoms in total. The molecule has 6 aliphatic rings. The van der Waals surface area contributed by atoms with E-state index in [1.165, 1.54) is 83.3 Å². The van der Waals surface area contributed by atoms with Gasteiger partial charge < -0.3 is 18.5 Å². The zero-order valence-electron chi connectivity index (χ0n) is 34.8. The largest absolute Gasteiger partial charge is 0.460 e. The molecular weight excluding hydrogens is 731 g/mol. The van der Waals surface area contributed by atoms with Gasteiger partial charge in [0.1, 0.15) is 11.5 Å². The van der Waals surface area contributed by atoms with Crippen LogP contribution in [0.15, 0.2) is 132 Å². The number of hydrogen-bond donors (Lipinski definition) is 0. The highest BCUT2D eigenvalue weighted by atomic mass is 16.3. The first-order chi connectivity index (χ1) is 29.3. The second-order valence-corrected chi connectivity index (χ2v) is 18.8. The van der Waals surface area contributed by atoms with E-state index in [0.29, 0.717) is 11.8 Å². The zero-order valence-corrected chi connectivity index (χ0v) is 34.8. The Morgan fingerprint density at radius 2 is 1.45 bits per heavy atom. The van der Waals surface area contributed by atoms with Gasteiger partial charge in [-0.15, -0.1) is 0 Å². The molecule has 6 unspecified atom stereocenters. The summed E-state index contributed by atoms with van der Waals surface area (Å²) in [7, 11) is 0. The smallest absolute Gasteiger partial charge is 0.130 e. The fraction of sp³-hybridized carbons (Fsp3) is 0.250. The monoisotopic (exact) mass is 779 g/mol. The lowest BCUT2D eigenvalue weighted by Gasteiger charge is -2.45. The summed E-state index contributed by atoms with van der Waals surface area (Å²) in [5.74, 6) is 3.50. The Labute approximate surface area is 351 Å². The molecular formula is C56H49N3O. The van der Waals surface area contributed by atoms with Crippen LogP contribution in [-0.4, -0.2) is 20.2 Å². The Morgan fingerprint density at radius 1 is 0.650 bits per heavy atom. The van der Waals surface area contributed by atoms with Crippen LogP contribution in [0.2, 0.25) is 0 Å². The van der Waals surface area contributed by atoms with Crippen molar-refractivity contribution in [2.24, 2.45) is 5.92 Å². The predicted molar refractivity (Wildman–Crippen MR) is 251 cm³/mol. The quantitative estimate of drug-likeness (QED) is 0.179. The first kappa shape index (κ1) is 34.6. The molecule has 4 aromatic carbocycles. The van der Waals surface area contributed by atoms with Gasteiger partial charge >= 0.3 is 0 Å². The minimum atomic E-state index is -0.304. The minimum Gasteiger partial charge on any atom is -0.460 e. The van der Waals surface area contributed by atoms with Crippen LogP contribution in [0.3, 0.4) is 0 Å². The molecule has 4 heteroatoms. The molecule has 294 valence electrons. The van der Waals surface area contributed by atoms with Gasteiger partial charge in [0.2, 0.25) is 0 Å². The third-order valence-corrected chi connectivity index (χ3v) is 15.4. The first-order valence-electron chi connectivity index (χ1n) is 22.2. The number of furan rings is 1. The Morgan fingerprint density at radius 3 is 2.37 bits per heavy atom. The third-order valence-electron chi connectivity index (χ3n) is 15.4. The lowest BCUT2D eigenvalue weighted by Crippen LogP contribution is -2.52. The maximum Gasteiger partial charge on any atom is 0.130 e. The molecule has 0 spiro atoms. The van der Waals surface area contributed by atoms with Crippen molar-refractivity contribution in [3.05, 3.63) is 173 Å². The number of allylic oxidation sites excluding steroid dienone is 5. The summed E-state index contributed by atoms with van der Waals surface area (Å²) in [5, 5.41) is 3.86. The van der Waals surface area contributed by atoms with Crippen molar-refractivity contribution < 1.29 is 4.42 Å². The molecule has 0 radical (unpaired) electrons. The number of benzene rings is 4. The van der Waals surface area contributed by atoms with Crippen molar-refractivity contribution >= 4 is 62.7 Å². The van der Waals surface area contributed by atoms with E-state index in [4.69, 9.17) is 4.42 Å². The van der Waals surface area contributed by atoms with Gasteiger partial charge in [0.25, 0.3) is 0 Å². The molecule has 60 heavy (non-hydrogen) atoms. The SMILES string of the molecule is CC1CC=Cc2oc3c(c21)C=CC1(C)C3C2C=CC=CC2(C)N1c1ccc2c(c1)c1ccccc1n2-c1ccc2c(c1)c1c(n2-c2cccc3c2CCC=C3)C(C)CC=C1. The molecule has 7 aromatic rings. The first-order valence-corrected chi connectivity index (χ1v) is 22.2. The Balaban J connectivity index is 0.988. The maximum absolute atomic E-state index is 6.92. The van der Waals surface area contributed by atoms with Gasteiger partial charge in [0, 0.05) is 67.4 Å². The molecule has 0 amide bonds. The Kier molecular flexibility index (Phi) is 7.01. The topological polar surface area (TPSA) is 26.2 Å². The van der Waals surface area contributed by atoms with E-state index in [9.17, 15) is 0 Å². The highest BCUT2D eigenvalue weighted by Gasteiger charge is 2.63. The van der Waals surface area contributed by atoms with Crippen molar-refractivity contribution in [1.82, 2.24) is 9.13 Å². The number of aromatic nitrogens is 2. The van der Waals surface area contributed by atoms with Crippen molar-refractivity contribution in [1.29, 1.82) is 0 Å². The summed E-state index contributed by atoms with van der Waals surface area (Å²) in [4.78, 5) is 2.72. The number of fused-ring (bicyclic) bond motifs is 14. The van der Waals surface area contributed by atoms with Crippen LogP contribution in [0.5, 0.6) is 0 Å². The van der Waals surface area contributed by atoms with Crippen molar-refractivity contribution in [3.8, 4) is 11.4 Å². The molecule has 1 saturated heterocycles. The molecule has 1 fully saturated rings. The van der Waals surface area contributed by atoms with Crippen LogP contribution >= 0.6 is 0 Å². The van der Waals surface area contributed by atoms with Gasteiger partial charge in [-0.2, -0.15) is 0 Å². The standard InChI is InChI=1S/C56H49N3O/c1-34-14-12-24-50-51(34)42-29-31-56(4)52(54(42)60-50)45-21-9-10-30-55(45,3)59(56)38-26-28-48-43(33-38)40-19-7-8-22-47(40)57(48)37-25-27-49-44(32-37)41-20-11-15-35(2)53(41)58(49)46-23-13-17-36-16-5-6-18-39(36)46/h5,7-13,16-17,19-35,45,52H,6,14-15,18H2,1-4H3. The van der Waals surface area contributed by atoms with Gasteiger partial charge in [-0.1, -0.05) is 111 Å². The normalized spacial score (nSPS) is 26.8. The van der Waals surface area contributed by atoms with Crippen LogP contribution in [0.25, 0.3) is 68.4 Å². The summed E-state index contributed by atoms with van der Waals surface area (Å²) in [6, 6.07) is 30.3. The van der Waals surface area contributed by atoms with E-state index < -0.39 is 0 Å². The molecule has 6 atom stereocenters. The zero-order chi connectivity index (χ0) is 40.1. The molecule has 0 saturated carbocycles. The van der Waals surface area contributed by atoms with Crippen LogP contribution in [0.1, 0.15) is 110 Å². The van der Waals surface area contributed by atoms with E-state index in [2.05, 4.69) is 194 Å². The average molecular weight is 780 g/mol. The van der Waals surface area contributed by atoms with Gasteiger partial charge in [0.05, 0.1) is 33.5 Å². The summed E-state index contributed by atoms with van der Waals surface area (Å²) < 4.78 is 12.0. The van der Waals surface area contributed by atoms with Gasteiger partial charge in [-0.3, -0.25) is 0 Å². The molecule has 4 heterocycles. The minimum absolute atomic E-state index is 0.173. The third kappa shape index (κ3) is 4.41. The van der Waals surface area contributed by atoms with Crippen molar-refractivity contribution in [3.63, 3.8) is 0 Å². The molecule has 0 N–H and O–H groups in total. The van der Waals surface area contributed by atoms with Gasteiger partial charge in [-0.25, -0.2) is 0 Å².